The largest absolute Gasteiger partial charge is 0.514 e. The van der Waals surface area contributed by atoms with Gasteiger partial charge in [-0.2, -0.15) is 0 Å². The third-order valence-electron chi connectivity index (χ3n) is 5.98. The van der Waals surface area contributed by atoms with E-state index in [0.717, 1.165) is 32.1 Å². The van der Waals surface area contributed by atoms with Crippen molar-refractivity contribution in [3.8, 4) is 11.5 Å². The van der Waals surface area contributed by atoms with E-state index < -0.39 is 23.5 Å². The molecule has 0 heterocycles. The lowest BCUT2D eigenvalue weighted by Crippen LogP contribution is -2.25. The summed E-state index contributed by atoms with van der Waals surface area (Å²) in [5, 5.41) is 0. The van der Waals surface area contributed by atoms with Crippen LogP contribution in [0.4, 0.5) is 9.59 Å². The smallest absolute Gasteiger partial charge is 0.428 e. The monoisotopic (exact) mass is 512 g/mol. The van der Waals surface area contributed by atoms with Gasteiger partial charge >= 0.3 is 12.3 Å². The molecule has 37 heavy (non-hydrogen) atoms. The highest BCUT2D eigenvalue weighted by molar-refractivity contribution is 5.64. The molecule has 2 rings (SSSR count). The fourth-order valence-corrected chi connectivity index (χ4v) is 4.17. The first-order valence-corrected chi connectivity index (χ1v) is 13.3. The van der Waals surface area contributed by atoms with Crippen LogP contribution in [0.5, 0.6) is 11.5 Å². The lowest BCUT2D eigenvalue weighted by atomic mass is 9.86. The maximum atomic E-state index is 11.9. The molecule has 0 aliphatic heterocycles. The van der Waals surface area contributed by atoms with Gasteiger partial charge in [0.2, 0.25) is 0 Å². The van der Waals surface area contributed by atoms with Crippen LogP contribution in [0.3, 0.4) is 0 Å². The maximum absolute atomic E-state index is 11.9. The number of rotatable bonds is 10. The van der Waals surface area contributed by atoms with Gasteiger partial charge in [-0.3, -0.25) is 0 Å². The Kier molecular flexibility index (Phi) is 11.0. The molecule has 0 saturated carbocycles. The topological polar surface area (TPSA) is 71.1 Å². The van der Waals surface area contributed by atoms with E-state index in [9.17, 15) is 9.59 Å². The molecule has 0 fully saturated rings. The first-order valence-electron chi connectivity index (χ1n) is 13.3. The summed E-state index contributed by atoms with van der Waals surface area (Å²) in [7, 11) is 0. The first-order chi connectivity index (χ1) is 17.3. The third-order valence-corrected chi connectivity index (χ3v) is 5.98. The van der Waals surface area contributed by atoms with Crippen molar-refractivity contribution < 1.29 is 28.5 Å². The number of hydrogen-bond donors (Lipinski definition) is 0. The van der Waals surface area contributed by atoms with Crippen molar-refractivity contribution >= 4 is 12.3 Å². The van der Waals surface area contributed by atoms with Crippen LogP contribution in [0.1, 0.15) is 110 Å². The summed E-state index contributed by atoms with van der Waals surface area (Å²) in [5.41, 5.74) is 1.32. The minimum Gasteiger partial charge on any atom is -0.428 e. The summed E-state index contributed by atoms with van der Waals surface area (Å²) >= 11 is 0. The summed E-state index contributed by atoms with van der Waals surface area (Å²) in [6.45, 7) is 15.3. The van der Waals surface area contributed by atoms with Gasteiger partial charge in [-0.15, -0.1) is 0 Å². The Morgan fingerprint density at radius 1 is 0.622 bits per heavy atom. The second kappa shape index (κ2) is 13.5. The number of carbonyl (C=O) groups is 2. The van der Waals surface area contributed by atoms with Gasteiger partial charge in [0.25, 0.3) is 0 Å². The molecule has 2 atom stereocenters. The number of benzene rings is 2. The highest BCUT2D eigenvalue weighted by Crippen LogP contribution is 2.32. The molecule has 0 aromatic heterocycles. The first kappa shape index (κ1) is 30.2. The second-order valence-corrected chi connectivity index (χ2v) is 11.4. The van der Waals surface area contributed by atoms with E-state index in [1.54, 1.807) is 0 Å². The molecule has 0 spiro atoms. The van der Waals surface area contributed by atoms with Crippen molar-refractivity contribution in [1.29, 1.82) is 0 Å². The van der Waals surface area contributed by atoms with Gasteiger partial charge in [-0.1, -0.05) is 44.5 Å². The average molecular weight is 513 g/mol. The van der Waals surface area contributed by atoms with Crippen LogP contribution in [0, 0.1) is 0 Å². The van der Waals surface area contributed by atoms with Crippen molar-refractivity contribution in [2.45, 2.75) is 111 Å². The van der Waals surface area contributed by atoms with E-state index in [1.165, 1.54) is 11.1 Å². The van der Waals surface area contributed by atoms with Crippen LogP contribution in [0.25, 0.3) is 0 Å². The van der Waals surface area contributed by atoms with Gasteiger partial charge in [-0.25, -0.2) is 9.59 Å². The van der Waals surface area contributed by atoms with Crippen LogP contribution in [0.2, 0.25) is 0 Å². The molecule has 204 valence electrons. The fourth-order valence-electron chi connectivity index (χ4n) is 4.17. The van der Waals surface area contributed by atoms with Crippen LogP contribution in [-0.4, -0.2) is 23.5 Å². The van der Waals surface area contributed by atoms with Crippen molar-refractivity contribution in [2.75, 3.05) is 0 Å². The molecule has 0 bridgehead atoms. The Bertz CT molecular complexity index is 899. The number of ether oxygens (including phenoxy) is 4. The van der Waals surface area contributed by atoms with Gasteiger partial charge in [0.15, 0.2) is 0 Å². The zero-order valence-electron chi connectivity index (χ0n) is 23.8. The van der Waals surface area contributed by atoms with Crippen molar-refractivity contribution in [2.24, 2.45) is 0 Å². The highest BCUT2D eigenvalue weighted by Gasteiger charge is 2.20. The summed E-state index contributed by atoms with van der Waals surface area (Å²) in [6, 6.07) is 15.5. The van der Waals surface area contributed by atoms with E-state index >= 15 is 0 Å². The predicted octanol–water partition coefficient (Wildman–Crippen LogP) is 9.17. The van der Waals surface area contributed by atoms with Crippen molar-refractivity contribution in [3.05, 3.63) is 59.7 Å². The average Bonchev–Trinajstić information content (AvgIpc) is 2.78. The zero-order chi connectivity index (χ0) is 27.6. The summed E-state index contributed by atoms with van der Waals surface area (Å²) in [6.07, 6.45) is 3.96. The van der Waals surface area contributed by atoms with Gasteiger partial charge in [0.05, 0.1) is 0 Å². The quantitative estimate of drug-likeness (QED) is 0.233. The van der Waals surface area contributed by atoms with Crippen LogP contribution >= 0.6 is 0 Å². The van der Waals surface area contributed by atoms with Crippen molar-refractivity contribution in [3.63, 3.8) is 0 Å². The minimum atomic E-state index is -0.692. The molecule has 0 aliphatic rings. The Labute approximate surface area is 222 Å². The van der Waals surface area contributed by atoms with E-state index in [1.807, 2.05) is 90.1 Å². The van der Waals surface area contributed by atoms with E-state index in [2.05, 4.69) is 13.8 Å². The molecule has 2 aromatic rings. The molecule has 0 radical (unpaired) electrons. The predicted molar refractivity (Wildman–Crippen MR) is 147 cm³/mol. The fraction of sp³-hybridized carbons (Fsp3) is 0.548. The Hall–Kier alpha value is -3.02. The third kappa shape index (κ3) is 11.3. The molecular weight excluding hydrogens is 468 g/mol. The van der Waals surface area contributed by atoms with Gasteiger partial charge < -0.3 is 18.9 Å². The van der Waals surface area contributed by atoms with E-state index in [-0.39, 0.29) is 0 Å². The summed E-state index contributed by atoms with van der Waals surface area (Å²) in [4.78, 5) is 23.8. The second-order valence-electron chi connectivity index (χ2n) is 11.4. The summed E-state index contributed by atoms with van der Waals surface area (Å²) < 4.78 is 21.0. The van der Waals surface area contributed by atoms with Gasteiger partial charge in [-0.05, 0) is 114 Å². The lowest BCUT2D eigenvalue weighted by molar-refractivity contribution is 0.0193. The van der Waals surface area contributed by atoms with Crippen LogP contribution in [-0.2, 0) is 9.47 Å². The maximum Gasteiger partial charge on any atom is 0.514 e. The normalized spacial score (nSPS) is 13.4. The standard InChI is InChI=1S/C31H44O6/c1-9-22(24-14-18-26(19-15-24)34-28(32)36-30(3,4)5)12-11-13-23(10-2)25-16-20-27(21-17-25)35-29(33)37-31(6,7)8/h14-23H,9-13H2,1-8H3. The Morgan fingerprint density at radius 2 is 0.946 bits per heavy atom. The highest BCUT2D eigenvalue weighted by atomic mass is 16.7. The summed E-state index contributed by atoms with van der Waals surface area (Å²) in [5.74, 6) is 1.85. The molecule has 6 heteroatoms. The van der Waals surface area contributed by atoms with Crippen molar-refractivity contribution in [1.82, 2.24) is 0 Å². The minimum absolute atomic E-state index is 0.442. The van der Waals surface area contributed by atoms with E-state index in [4.69, 9.17) is 18.9 Å². The molecule has 0 saturated heterocycles. The molecule has 0 aliphatic carbocycles. The van der Waals surface area contributed by atoms with Crippen LogP contribution < -0.4 is 9.47 Å². The molecule has 2 aromatic carbocycles. The molecule has 0 amide bonds. The Balaban J connectivity index is 1.88. The molecule has 2 unspecified atom stereocenters. The number of carbonyl (C=O) groups excluding carboxylic acids is 2. The molecule has 0 N–H and O–H groups in total. The SMILES string of the molecule is CCC(CCCC(CC)c1ccc(OC(=O)OC(C)(C)C)cc1)c1ccc(OC(=O)OC(C)(C)C)cc1. The molecular formula is C31H44O6. The van der Waals surface area contributed by atoms with Gasteiger partial charge in [0, 0.05) is 0 Å². The zero-order valence-corrected chi connectivity index (χ0v) is 23.8. The van der Waals surface area contributed by atoms with Crippen LogP contribution in [0.15, 0.2) is 48.5 Å². The Morgan fingerprint density at radius 3 is 1.22 bits per heavy atom. The lowest BCUT2D eigenvalue weighted by Gasteiger charge is -2.20. The number of hydrogen-bond acceptors (Lipinski definition) is 6. The molecule has 6 nitrogen and oxygen atoms in total. The van der Waals surface area contributed by atoms with E-state index in [0.29, 0.717) is 23.3 Å². The van der Waals surface area contributed by atoms with Gasteiger partial charge in [0.1, 0.15) is 22.7 Å².